The Morgan fingerprint density at radius 3 is 3.15 bits per heavy atom. The monoisotopic (exact) mass is 272 g/mol. The molecule has 1 aliphatic rings. The molecule has 3 rings (SSSR count). The molecule has 1 aliphatic heterocycles. The van der Waals surface area contributed by atoms with Crippen molar-refractivity contribution in [2.45, 2.75) is 26.3 Å². The van der Waals surface area contributed by atoms with Crippen molar-refractivity contribution in [1.29, 1.82) is 0 Å². The third kappa shape index (κ3) is 2.58. The van der Waals surface area contributed by atoms with Crippen LogP contribution in [0.5, 0.6) is 0 Å². The zero-order chi connectivity index (χ0) is 13.9. The van der Waals surface area contributed by atoms with Gasteiger partial charge in [-0.2, -0.15) is 0 Å². The summed E-state index contributed by atoms with van der Waals surface area (Å²) in [5, 5.41) is 0. The molecule has 5 nitrogen and oxygen atoms in total. The maximum absolute atomic E-state index is 12.4. The number of fused-ring (bicyclic) bond motifs is 1. The van der Waals surface area contributed by atoms with Crippen LogP contribution in [0, 0.1) is 5.92 Å². The lowest BCUT2D eigenvalue weighted by Gasteiger charge is -2.15. The highest BCUT2D eigenvalue weighted by atomic mass is 16.1. The van der Waals surface area contributed by atoms with E-state index in [2.05, 4.69) is 21.8 Å². The van der Waals surface area contributed by atoms with Crippen LogP contribution >= 0.6 is 0 Å². The highest BCUT2D eigenvalue weighted by Crippen LogP contribution is 2.17. The van der Waals surface area contributed by atoms with Crippen molar-refractivity contribution in [3.63, 3.8) is 0 Å². The van der Waals surface area contributed by atoms with Gasteiger partial charge in [-0.3, -0.25) is 9.36 Å². The second-order valence-corrected chi connectivity index (χ2v) is 5.53. The van der Waals surface area contributed by atoms with Crippen LogP contribution in [0.1, 0.15) is 19.8 Å². The predicted octanol–water partition coefficient (Wildman–Crippen LogP) is 1.52. The number of aromatic nitrogens is 3. The zero-order valence-electron chi connectivity index (χ0n) is 11.8. The van der Waals surface area contributed by atoms with E-state index in [-0.39, 0.29) is 5.56 Å². The van der Waals surface area contributed by atoms with Gasteiger partial charge in [0.15, 0.2) is 5.52 Å². The van der Waals surface area contributed by atoms with Crippen LogP contribution < -0.4 is 5.56 Å². The van der Waals surface area contributed by atoms with Gasteiger partial charge < -0.3 is 4.90 Å². The van der Waals surface area contributed by atoms with E-state index in [0.29, 0.717) is 17.0 Å². The lowest BCUT2D eigenvalue weighted by atomic mass is 10.1. The molecule has 0 bridgehead atoms. The number of pyridine rings is 1. The van der Waals surface area contributed by atoms with E-state index in [1.807, 2.05) is 6.07 Å². The predicted molar refractivity (Wildman–Crippen MR) is 78.6 cm³/mol. The summed E-state index contributed by atoms with van der Waals surface area (Å²) in [6.07, 6.45) is 5.66. The highest BCUT2D eigenvalue weighted by Gasteiger charge is 2.22. The molecule has 106 valence electrons. The first-order chi connectivity index (χ1) is 9.78. The Morgan fingerprint density at radius 2 is 2.30 bits per heavy atom. The van der Waals surface area contributed by atoms with Crippen molar-refractivity contribution in [1.82, 2.24) is 19.4 Å². The molecule has 2 aromatic rings. The summed E-state index contributed by atoms with van der Waals surface area (Å²) >= 11 is 0. The van der Waals surface area contributed by atoms with Crippen LogP contribution in [0.4, 0.5) is 0 Å². The minimum atomic E-state index is -0.0236. The molecule has 0 N–H and O–H groups in total. The van der Waals surface area contributed by atoms with Crippen molar-refractivity contribution < 1.29 is 0 Å². The van der Waals surface area contributed by atoms with Gasteiger partial charge >= 0.3 is 0 Å². The quantitative estimate of drug-likeness (QED) is 0.847. The molecule has 0 radical (unpaired) electrons. The molecule has 20 heavy (non-hydrogen) atoms. The van der Waals surface area contributed by atoms with Crippen LogP contribution in [0.3, 0.4) is 0 Å². The van der Waals surface area contributed by atoms with E-state index in [4.69, 9.17) is 0 Å². The Morgan fingerprint density at radius 1 is 1.40 bits per heavy atom. The van der Waals surface area contributed by atoms with Crippen LogP contribution in [0.15, 0.2) is 29.5 Å². The maximum Gasteiger partial charge on any atom is 0.279 e. The molecule has 0 unspecified atom stereocenters. The van der Waals surface area contributed by atoms with Crippen molar-refractivity contribution in [3.05, 3.63) is 35.0 Å². The first kappa shape index (κ1) is 13.2. The first-order valence-electron chi connectivity index (χ1n) is 7.30. The van der Waals surface area contributed by atoms with Gasteiger partial charge in [0.2, 0.25) is 0 Å². The molecular weight excluding hydrogens is 252 g/mol. The Kier molecular flexibility index (Phi) is 3.78. The number of nitrogens with zero attached hydrogens (tertiary/aromatic N) is 4. The maximum atomic E-state index is 12.4. The van der Waals surface area contributed by atoms with Crippen molar-refractivity contribution in [2.75, 3.05) is 19.6 Å². The van der Waals surface area contributed by atoms with Crippen molar-refractivity contribution in [3.8, 4) is 0 Å². The van der Waals surface area contributed by atoms with Crippen molar-refractivity contribution >= 4 is 11.0 Å². The van der Waals surface area contributed by atoms with Gasteiger partial charge in [0.05, 0.1) is 11.8 Å². The number of hydrogen-bond acceptors (Lipinski definition) is 4. The molecule has 0 amide bonds. The van der Waals surface area contributed by atoms with Crippen LogP contribution in [0.25, 0.3) is 11.0 Å². The first-order valence-corrected chi connectivity index (χ1v) is 7.30. The Hall–Kier alpha value is -1.75. The summed E-state index contributed by atoms with van der Waals surface area (Å²) < 4.78 is 1.72. The topological polar surface area (TPSA) is 51.0 Å². The van der Waals surface area contributed by atoms with E-state index >= 15 is 0 Å². The van der Waals surface area contributed by atoms with E-state index in [9.17, 15) is 4.79 Å². The average Bonchev–Trinajstić information content (AvgIpc) is 2.90. The number of likely N-dealkylation sites (tertiary alicyclic amines) is 1. The van der Waals surface area contributed by atoms with Gasteiger partial charge in [-0.15, -0.1) is 0 Å². The van der Waals surface area contributed by atoms with Gasteiger partial charge in [-0.1, -0.05) is 6.92 Å². The second kappa shape index (κ2) is 5.71. The molecule has 3 heterocycles. The lowest BCUT2D eigenvalue weighted by molar-refractivity contribution is 0.316. The molecule has 0 spiro atoms. The average molecular weight is 272 g/mol. The van der Waals surface area contributed by atoms with Crippen LogP contribution in [-0.4, -0.2) is 39.1 Å². The zero-order valence-corrected chi connectivity index (χ0v) is 11.8. The van der Waals surface area contributed by atoms with E-state index in [0.717, 1.165) is 32.6 Å². The van der Waals surface area contributed by atoms with Gasteiger partial charge in [0.25, 0.3) is 5.56 Å². The molecular formula is C15H20N4O. The molecule has 1 atom stereocenters. The van der Waals surface area contributed by atoms with E-state index in [1.54, 1.807) is 23.2 Å². The standard InChI is InChI=1S/C15H20N4O/c1-2-7-18-8-5-12(9-18)10-19-11-17-13-4-3-6-16-14(13)15(19)20/h3-4,6,11-12H,2,5,7-10H2,1H3/t12-/m1/s1. The van der Waals surface area contributed by atoms with Gasteiger partial charge in [0.1, 0.15) is 0 Å². The minimum absolute atomic E-state index is 0.0236. The molecule has 0 aromatic carbocycles. The summed E-state index contributed by atoms with van der Waals surface area (Å²) in [4.78, 5) is 23.3. The molecule has 1 saturated heterocycles. The van der Waals surface area contributed by atoms with Gasteiger partial charge in [-0.25, -0.2) is 9.97 Å². The van der Waals surface area contributed by atoms with Crippen molar-refractivity contribution in [2.24, 2.45) is 5.92 Å². The Bertz CT molecular complexity index is 652. The summed E-state index contributed by atoms with van der Waals surface area (Å²) in [7, 11) is 0. The van der Waals surface area contributed by atoms with Crippen LogP contribution in [-0.2, 0) is 6.54 Å². The van der Waals surface area contributed by atoms with Gasteiger partial charge in [0, 0.05) is 19.3 Å². The third-order valence-corrected chi connectivity index (χ3v) is 3.95. The summed E-state index contributed by atoms with van der Waals surface area (Å²) in [5.41, 5.74) is 1.12. The summed E-state index contributed by atoms with van der Waals surface area (Å²) in [6.45, 7) is 6.34. The smallest absolute Gasteiger partial charge is 0.279 e. The summed E-state index contributed by atoms with van der Waals surface area (Å²) in [5.74, 6) is 0.544. The Balaban J connectivity index is 1.78. The fourth-order valence-corrected chi connectivity index (χ4v) is 2.98. The molecule has 2 aromatic heterocycles. The van der Waals surface area contributed by atoms with Gasteiger partial charge in [-0.05, 0) is 44.0 Å². The normalized spacial score (nSPS) is 19.8. The Labute approximate surface area is 118 Å². The minimum Gasteiger partial charge on any atom is -0.303 e. The molecule has 0 saturated carbocycles. The molecule has 0 aliphatic carbocycles. The highest BCUT2D eigenvalue weighted by molar-refractivity contribution is 5.71. The summed E-state index contributed by atoms with van der Waals surface area (Å²) in [6, 6.07) is 3.63. The second-order valence-electron chi connectivity index (χ2n) is 5.53. The van der Waals surface area contributed by atoms with E-state index < -0.39 is 0 Å². The lowest BCUT2D eigenvalue weighted by Crippen LogP contribution is -2.27. The largest absolute Gasteiger partial charge is 0.303 e. The fraction of sp³-hybridized carbons (Fsp3) is 0.533. The van der Waals surface area contributed by atoms with E-state index in [1.165, 1.54) is 6.42 Å². The molecule has 1 fully saturated rings. The number of rotatable bonds is 4. The number of hydrogen-bond donors (Lipinski definition) is 0. The fourth-order valence-electron chi connectivity index (χ4n) is 2.98. The SMILES string of the molecule is CCCN1CC[C@@H](Cn2cnc3cccnc3c2=O)C1. The molecule has 5 heteroatoms. The van der Waals surface area contributed by atoms with Crippen LogP contribution in [0.2, 0.25) is 0 Å². The third-order valence-electron chi connectivity index (χ3n) is 3.95.